The van der Waals surface area contributed by atoms with Crippen LogP contribution in [0.4, 0.5) is 0 Å². The molecule has 0 N–H and O–H groups in total. The Balaban J connectivity index is 1.86. The Morgan fingerprint density at radius 3 is 2.42 bits per heavy atom. The van der Waals surface area contributed by atoms with E-state index in [9.17, 15) is 8.42 Å². The van der Waals surface area contributed by atoms with Gasteiger partial charge in [0, 0.05) is 13.1 Å². The van der Waals surface area contributed by atoms with Crippen LogP contribution in [0.5, 0.6) is 0 Å². The zero-order chi connectivity index (χ0) is 13.8. The number of hydrogen-bond acceptors (Lipinski definition) is 2. The van der Waals surface area contributed by atoms with Crippen LogP contribution in [0.3, 0.4) is 0 Å². The normalized spacial score (nSPS) is 30.6. The minimum Gasteiger partial charge on any atom is -0.207 e. The second-order valence-corrected chi connectivity index (χ2v) is 8.34. The maximum absolute atomic E-state index is 12.6. The average Bonchev–Trinajstić information content (AvgIpc) is 2.93. The second-order valence-electron chi connectivity index (χ2n) is 6.40. The van der Waals surface area contributed by atoms with Crippen molar-refractivity contribution in [3.63, 3.8) is 0 Å². The summed E-state index contributed by atoms with van der Waals surface area (Å²) in [5, 5.41) is 0. The van der Waals surface area contributed by atoms with Gasteiger partial charge in [0.25, 0.3) is 0 Å². The third-order valence-corrected chi connectivity index (χ3v) is 6.81. The van der Waals surface area contributed by atoms with E-state index in [4.69, 9.17) is 0 Å². The van der Waals surface area contributed by atoms with Gasteiger partial charge in [0.2, 0.25) is 10.0 Å². The topological polar surface area (TPSA) is 37.4 Å². The predicted octanol–water partition coefficient (Wildman–Crippen LogP) is 2.66. The Kier molecular flexibility index (Phi) is 2.81. The van der Waals surface area contributed by atoms with Crippen molar-refractivity contribution in [2.24, 2.45) is 17.3 Å². The number of fused-ring (bicyclic) bond motifs is 1. The molecule has 3 nitrogen and oxygen atoms in total. The van der Waals surface area contributed by atoms with E-state index in [2.05, 4.69) is 13.8 Å². The fraction of sp³-hybridized carbons (Fsp3) is 0.600. The van der Waals surface area contributed by atoms with Gasteiger partial charge in [0.05, 0.1) is 4.90 Å². The molecule has 0 bridgehead atoms. The third-order valence-electron chi connectivity index (χ3n) is 4.98. The van der Waals surface area contributed by atoms with Crippen molar-refractivity contribution >= 4 is 10.0 Å². The van der Waals surface area contributed by atoms with Crippen molar-refractivity contribution in [1.29, 1.82) is 0 Å². The standard InChI is InChI=1S/C15H21NO2S/c1-11(2)15-8-13(15)9-16(10-15)19(17,18)14-6-4-12(3)5-7-14/h4-7,11,13H,8-10H2,1-3H3. The number of aryl methyl sites for hydroxylation is 1. The maximum Gasteiger partial charge on any atom is 0.243 e. The number of rotatable bonds is 3. The molecule has 2 aliphatic rings. The Hall–Kier alpha value is -0.870. The van der Waals surface area contributed by atoms with Gasteiger partial charge in [-0.3, -0.25) is 0 Å². The van der Waals surface area contributed by atoms with Crippen molar-refractivity contribution in [3.05, 3.63) is 29.8 Å². The zero-order valence-electron chi connectivity index (χ0n) is 11.8. The highest BCUT2D eigenvalue weighted by molar-refractivity contribution is 7.89. The van der Waals surface area contributed by atoms with E-state index in [1.165, 1.54) is 6.42 Å². The van der Waals surface area contributed by atoms with Crippen molar-refractivity contribution in [1.82, 2.24) is 4.31 Å². The molecule has 1 saturated heterocycles. The molecular weight excluding hydrogens is 258 g/mol. The van der Waals surface area contributed by atoms with E-state index < -0.39 is 10.0 Å². The van der Waals surface area contributed by atoms with Gasteiger partial charge in [-0.1, -0.05) is 31.5 Å². The number of nitrogens with zero attached hydrogens (tertiary/aromatic N) is 1. The van der Waals surface area contributed by atoms with E-state index in [1.54, 1.807) is 16.4 Å². The van der Waals surface area contributed by atoms with Crippen molar-refractivity contribution in [2.45, 2.75) is 32.1 Å². The second kappa shape index (κ2) is 4.06. The van der Waals surface area contributed by atoms with Gasteiger partial charge in [-0.2, -0.15) is 4.31 Å². The van der Waals surface area contributed by atoms with Gasteiger partial charge in [0.1, 0.15) is 0 Å². The summed E-state index contributed by atoms with van der Waals surface area (Å²) in [5.41, 5.74) is 1.35. The van der Waals surface area contributed by atoms with Gasteiger partial charge in [-0.25, -0.2) is 8.42 Å². The van der Waals surface area contributed by atoms with E-state index in [0.29, 0.717) is 29.8 Å². The van der Waals surface area contributed by atoms with E-state index >= 15 is 0 Å². The van der Waals surface area contributed by atoms with Crippen LogP contribution in [0.2, 0.25) is 0 Å². The lowest BCUT2D eigenvalue weighted by Gasteiger charge is -2.22. The Labute approximate surface area is 115 Å². The van der Waals surface area contributed by atoms with Crippen LogP contribution in [0.1, 0.15) is 25.8 Å². The fourth-order valence-electron chi connectivity index (χ4n) is 3.41. The SMILES string of the molecule is Cc1ccc(S(=O)(=O)N2CC3CC3(C(C)C)C2)cc1. The van der Waals surface area contributed by atoms with Gasteiger partial charge in [-0.05, 0) is 42.7 Å². The molecule has 4 heteroatoms. The lowest BCUT2D eigenvalue weighted by Crippen LogP contribution is -2.33. The van der Waals surface area contributed by atoms with Crippen molar-refractivity contribution < 1.29 is 8.42 Å². The smallest absolute Gasteiger partial charge is 0.207 e. The first kappa shape index (κ1) is 13.1. The van der Waals surface area contributed by atoms with Gasteiger partial charge < -0.3 is 0 Å². The summed E-state index contributed by atoms with van der Waals surface area (Å²) in [6.07, 6.45) is 1.20. The van der Waals surface area contributed by atoms with Crippen LogP contribution in [0.25, 0.3) is 0 Å². The van der Waals surface area contributed by atoms with Gasteiger partial charge in [-0.15, -0.1) is 0 Å². The third kappa shape index (κ3) is 1.93. The summed E-state index contributed by atoms with van der Waals surface area (Å²) >= 11 is 0. The van der Waals surface area contributed by atoms with E-state index in [-0.39, 0.29) is 5.41 Å². The van der Waals surface area contributed by atoms with Crippen molar-refractivity contribution in [3.8, 4) is 0 Å². The summed E-state index contributed by atoms with van der Waals surface area (Å²) in [6.45, 7) is 7.79. The molecule has 3 rings (SSSR count). The van der Waals surface area contributed by atoms with Crippen LogP contribution in [0.15, 0.2) is 29.2 Å². The molecule has 2 unspecified atom stereocenters. The first-order valence-electron chi connectivity index (χ1n) is 6.93. The first-order valence-corrected chi connectivity index (χ1v) is 8.37. The largest absolute Gasteiger partial charge is 0.243 e. The highest BCUT2D eigenvalue weighted by Crippen LogP contribution is 2.62. The van der Waals surface area contributed by atoms with E-state index in [0.717, 1.165) is 5.56 Å². The number of hydrogen-bond donors (Lipinski definition) is 0. The van der Waals surface area contributed by atoms with E-state index in [1.807, 2.05) is 19.1 Å². The molecule has 2 fully saturated rings. The lowest BCUT2D eigenvalue weighted by atomic mass is 9.92. The molecule has 1 aliphatic carbocycles. The molecule has 1 aromatic rings. The molecule has 0 aromatic heterocycles. The molecule has 0 radical (unpaired) electrons. The summed E-state index contributed by atoms with van der Waals surface area (Å²) in [7, 11) is -3.30. The highest BCUT2D eigenvalue weighted by Gasteiger charge is 2.63. The van der Waals surface area contributed by atoms with Gasteiger partial charge in [0.15, 0.2) is 0 Å². The molecule has 19 heavy (non-hydrogen) atoms. The minimum absolute atomic E-state index is 0.262. The predicted molar refractivity (Wildman–Crippen MR) is 75.3 cm³/mol. The zero-order valence-corrected chi connectivity index (χ0v) is 12.6. The van der Waals surface area contributed by atoms with Crippen LogP contribution in [-0.4, -0.2) is 25.8 Å². The average molecular weight is 279 g/mol. The van der Waals surface area contributed by atoms with Crippen LogP contribution < -0.4 is 0 Å². The fourth-order valence-corrected chi connectivity index (χ4v) is 4.98. The molecule has 1 aliphatic heterocycles. The molecule has 2 atom stereocenters. The number of piperidine rings is 1. The molecule has 0 amide bonds. The molecule has 1 heterocycles. The van der Waals surface area contributed by atoms with Crippen molar-refractivity contribution in [2.75, 3.05) is 13.1 Å². The first-order chi connectivity index (χ1) is 8.86. The summed E-state index contributed by atoms with van der Waals surface area (Å²) in [4.78, 5) is 0.429. The molecule has 1 aromatic carbocycles. The minimum atomic E-state index is -3.30. The summed E-state index contributed by atoms with van der Waals surface area (Å²) in [5.74, 6) is 1.14. The Bertz CT molecular complexity index is 591. The van der Waals surface area contributed by atoms with Crippen LogP contribution >= 0.6 is 0 Å². The monoisotopic (exact) mass is 279 g/mol. The Morgan fingerprint density at radius 1 is 1.26 bits per heavy atom. The lowest BCUT2D eigenvalue weighted by molar-refractivity contribution is 0.324. The van der Waals surface area contributed by atoms with Crippen LogP contribution in [-0.2, 0) is 10.0 Å². The molecule has 104 valence electrons. The Morgan fingerprint density at radius 2 is 1.89 bits per heavy atom. The van der Waals surface area contributed by atoms with Gasteiger partial charge >= 0.3 is 0 Å². The summed E-state index contributed by atoms with van der Waals surface area (Å²) < 4.78 is 26.9. The number of benzene rings is 1. The number of sulfonamides is 1. The maximum atomic E-state index is 12.6. The molecule has 1 saturated carbocycles. The highest BCUT2D eigenvalue weighted by atomic mass is 32.2. The quantitative estimate of drug-likeness (QED) is 0.853. The molecular formula is C15H21NO2S. The summed E-state index contributed by atoms with van der Waals surface area (Å²) in [6, 6.07) is 7.16. The van der Waals surface area contributed by atoms with Crippen LogP contribution in [0, 0.1) is 24.2 Å². The molecule has 0 spiro atoms.